The molecule has 6 heteroatoms. The Bertz CT molecular complexity index is 3560. The summed E-state index contributed by atoms with van der Waals surface area (Å²) in [5, 5.41) is 11.2. The highest BCUT2D eigenvalue weighted by Crippen LogP contribution is 2.42. The molecule has 12 aromatic rings. The molecule has 0 atom stereocenters. The number of fused-ring (bicyclic) bond motifs is 6. The molecule has 3 aromatic heterocycles. The smallest absolute Gasteiger partial charge is 0.164 e. The number of aromatic nitrogens is 6. The highest BCUT2D eigenvalue weighted by molar-refractivity contribution is 6.17. The maximum Gasteiger partial charge on any atom is 0.164 e. The molecular weight excluding hydrogens is 757 g/mol. The van der Waals surface area contributed by atoms with Gasteiger partial charge in [0.2, 0.25) is 0 Å². The van der Waals surface area contributed by atoms with Crippen LogP contribution < -0.4 is 0 Å². The van der Waals surface area contributed by atoms with E-state index >= 15 is 0 Å². The minimum atomic E-state index is 0.605. The van der Waals surface area contributed by atoms with Gasteiger partial charge in [-0.25, -0.2) is 19.6 Å². The molecule has 290 valence electrons. The third kappa shape index (κ3) is 5.96. The minimum absolute atomic E-state index is 0.605. The van der Waals surface area contributed by atoms with Gasteiger partial charge in [0.15, 0.2) is 17.5 Å². The van der Waals surface area contributed by atoms with Crippen molar-refractivity contribution in [2.45, 2.75) is 0 Å². The molecule has 3 heterocycles. The zero-order chi connectivity index (χ0) is 41.0. The van der Waals surface area contributed by atoms with Crippen LogP contribution in [0.3, 0.4) is 0 Å². The van der Waals surface area contributed by atoms with E-state index < -0.39 is 0 Å². The van der Waals surface area contributed by atoms with Gasteiger partial charge in [-0.15, -0.1) is 0 Å². The summed E-state index contributed by atoms with van der Waals surface area (Å²) in [5.41, 5.74) is 12.3. The van der Waals surface area contributed by atoms with Crippen molar-refractivity contribution in [3.8, 4) is 67.9 Å². The number of rotatable bonds is 7. The molecule has 0 fully saturated rings. The number of hydrogen-bond acceptors (Lipinski definition) is 4. The Kier molecular flexibility index (Phi) is 8.38. The van der Waals surface area contributed by atoms with E-state index in [2.05, 4.69) is 185 Å². The van der Waals surface area contributed by atoms with Gasteiger partial charge in [0, 0.05) is 49.5 Å². The quantitative estimate of drug-likeness (QED) is 0.161. The van der Waals surface area contributed by atoms with Crippen LogP contribution >= 0.6 is 0 Å². The predicted molar refractivity (Wildman–Crippen MR) is 253 cm³/mol. The van der Waals surface area contributed by atoms with E-state index in [0.717, 1.165) is 83.2 Å². The van der Waals surface area contributed by atoms with E-state index in [9.17, 15) is 0 Å². The molecule has 0 saturated carbocycles. The maximum atomic E-state index is 5.35. The second-order valence-electron chi connectivity index (χ2n) is 15.5. The molecule has 0 radical (unpaired) electrons. The normalized spacial score (nSPS) is 11.5. The molecule has 0 N–H and O–H groups in total. The second-order valence-corrected chi connectivity index (χ2v) is 15.5. The Morgan fingerprint density at radius 3 is 1.48 bits per heavy atom. The van der Waals surface area contributed by atoms with Gasteiger partial charge in [-0.2, -0.15) is 5.10 Å². The average molecular weight is 793 g/mol. The fourth-order valence-corrected chi connectivity index (χ4v) is 8.90. The summed E-state index contributed by atoms with van der Waals surface area (Å²) >= 11 is 0. The van der Waals surface area contributed by atoms with Crippen LogP contribution in [0.1, 0.15) is 0 Å². The molecule has 62 heavy (non-hydrogen) atoms. The fraction of sp³-hybridized carbons (Fsp3) is 0. The Labute approximate surface area is 357 Å². The zero-order valence-corrected chi connectivity index (χ0v) is 33.5. The van der Waals surface area contributed by atoms with E-state index in [0.29, 0.717) is 17.5 Å². The van der Waals surface area contributed by atoms with Gasteiger partial charge in [0.25, 0.3) is 0 Å². The molecule has 0 amide bonds. The first kappa shape index (κ1) is 35.5. The fourth-order valence-electron chi connectivity index (χ4n) is 8.90. The molecule has 9 aromatic carbocycles. The van der Waals surface area contributed by atoms with Gasteiger partial charge >= 0.3 is 0 Å². The van der Waals surface area contributed by atoms with E-state index in [4.69, 9.17) is 20.1 Å². The molecular formula is C56H36N6. The lowest BCUT2D eigenvalue weighted by molar-refractivity contribution is 0.918. The van der Waals surface area contributed by atoms with Gasteiger partial charge in [-0.3, -0.25) is 0 Å². The van der Waals surface area contributed by atoms with Crippen LogP contribution in [-0.4, -0.2) is 29.3 Å². The first-order valence-corrected chi connectivity index (χ1v) is 20.8. The monoisotopic (exact) mass is 792 g/mol. The highest BCUT2D eigenvalue weighted by atomic mass is 15.3. The van der Waals surface area contributed by atoms with Crippen molar-refractivity contribution in [2.24, 2.45) is 0 Å². The van der Waals surface area contributed by atoms with E-state index in [1.807, 2.05) is 42.5 Å². The van der Waals surface area contributed by atoms with Crippen molar-refractivity contribution in [2.75, 3.05) is 0 Å². The van der Waals surface area contributed by atoms with Crippen molar-refractivity contribution in [1.29, 1.82) is 0 Å². The summed E-state index contributed by atoms with van der Waals surface area (Å²) in [7, 11) is 0. The molecule has 12 rings (SSSR count). The van der Waals surface area contributed by atoms with Crippen LogP contribution in [0.2, 0.25) is 0 Å². The van der Waals surface area contributed by atoms with Crippen molar-refractivity contribution in [1.82, 2.24) is 29.3 Å². The molecule has 0 bridgehead atoms. The van der Waals surface area contributed by atoms with Crippen LogP contribution in [-0.2, 0) is 0 Å². The second kappa shape index (κ2) is 14.7. The standard InChI is InChI=1S/C56H36N6/c1-4-17-38(18-5-1)52-51-48(36-41-21-10-11-26-45(41)53(51)62(60-52)43-23-8-3-9-24-43)37-31-33-40(34-32-37)55-57-54(39-19-6-2-7-20-39)58-56(59-55)42-22-16-25-44(35-42)61-49-29-14-12-27-46(49)47-28-13-15-30-50(47)61/h1-36H. The van der Waals surface area contributed by atoms with Crippen LogP contribution in [0.4, 0.5) is 0 Å². The molecule has 0 saturated heterocycles. The van der Waals surface area contributed by atoms with Crippen LogP contribution in [0.25, 0.3) is 111 Å². The summed E-state index contributed by atoms with van der Waals surface area (Å²) in [6, 6.07) is 76.2. The molecule has 0 aliphatic heterocycles. The SMILES string of the molecule is c1ccc(-c2nc(-c3ccc(-c4cc5ccccc5c5c4c(-c4ccccc4)nn5-c4ccccc4)cc3)nc(-c3cccc(-n4c5ccccc5c5ccccc54)c3)n2)cc1. The summed E-state index contributed by atoms with van der Waals surface area (Å²) in [4.78, 5) is 15.4. The Morgan fingerprint density at radius 2 is 0.823 bits per heavy atom. The lowest BCUT2D eigenvalue weighted by atomic mass is 9.93. The topological polar surface area (TPSA) is 61.4 Å². The van der Waals surface area contributed by atoms with Crippen molar-refractivity contribution < 1.29 is 0 Å². The number of nitrogens with zero attached hydrogens (tertiary/aromatic N) is 6. The first-order valence-electron chi connectivity index (χ1n) is 20.8. The van der Waals surface area contributed by atoms with Gasteiger partial charge in [-0.1, -0.05) is 176 Å². The van der Waals surface area contributed by atoms with E-state index in [1.54, 1.807) is 0 Å². The van der Waals surface area contributed by atoms with Crippen molar-refractivity contribution in [3.63, 3.8) is 0 Å². The lowest BCUT2D eigenvalue weighted by Gasteiger charge is -2.13. The summed E-state index contributed by atoms with van der Waals surface area (Å²) in [6.07, 6.45) is 0. The predicted octanol–water partition coefficient (Wildman–Crippen LogP) is 13.8. The Hall–Kier alpha value is -8.48. The first-order chi connectivity index (χ1) is 30.7. The van der Waals surface area contributed by atoms with Crippen LogP contribution in [0.15, 0.2) is 218 Å². The summed E-state index contributed by atoms with van der Waals surface area (Å²) < 4.78 is 4.43. The number of hydrogen-bond donors (Lipinski definition) is 0. The molecule has 0 aliphatic carbocycles. The average Bonchev–Trinajstić information content (AvgIpc) is 3.92. The summed E-state index contributed by atoms with van der Waals surface area (Å²) in [5.74, 6) is 1.83. The van der Waals surface area contributed by atoms with Gasteiger partial charge in [-0.05, 0) is 59.0 Å². The summed E-state index contributed by atoms with van der Waals surface area (Å²) in [6.45, 7) is 0. The maximum absolute atomic E-state index is 5.35. The third-order valence-corrected chi connectivity index (χ3v) is 11.8. The Balaban J connectivity index is 1.01. The van der Waals surface area contributed by atoms with Crippen LogP contribution in [0, 0.1) is 0 Å². The Morgan fingerprint density at radius 1 is 0.339 bits per heavy atom. The third-order valence-electron chi connectivity index (χ3n) is 11.8. The molecule has 6 nitrogen and oxygen atoms in total. The van der Waals surface area contributed by atoms with E-state index in [-0.39, 0.29) is 0 Å². The zero-order valence-electron chi connectivity index (χ0n) is 33.5. The number of benzene rings is 9. The molecule has 0 aliphatic rings. The lowest BCUT2D eigenvalue weighted by Crippen LogP contribution is -2.01. The minimum Gasteiger partial charge on any atom is -0.309 e. The number of para-hydroxylation sites is 3. The van der Waals surface area contributed by atoms with Crippen molar-refractivity contribution >= 4 is 43.5 Å². The van der Waals surface area contributed by atoms with E-state index in [1.165, 1.54) is 10.8 Å². The largest absolute Gasteiger partial charge is 0.309 e. The highest BCUT2D eigenvalue weighted by Gasteiger charge is 2.22. The van der Waals surface area contributed by atoms with Crippen LogP contribution in [0.5, 0.6) is 0 Å². The van der Waals surface area contributed by atoms with Gasteiger partial charge < -0.3 is 4.57 Å². The van der Waals surface area contributed by atoms with Crippen molar-refractivity contribution in [3.05, 3.63) is 218 Å². The van der Waals surface area contributed by atoms with Gasteiger partial charge in [0.1, 0.15) is 5.69 Å². The van der Waals surface area contributed by atoms with Gasteiger partial charge in [0.05, 0.1) is 22.2 Å². The molecule has 0 unspecified atom stereocenters. The molecule has 0 spiro atoms.